The molecule has 2 aromatic rings. The Morgan fingerprint density at radius 3 is 2.24 bits per heavy atom. The first-order valence-corrected chi connectivity index (χ1v) is 13.1. The molecule has 0 spiro atoms. The zero-order chi connectivity index (χ0) is 25.6. The van der Waals surface area contributed by atoms with Gasteiger partial charge in [0.25, 0.3) is 0 Å². The van der Waals surface area contributed by atoms with Crippen molar-refractivity contribution in [3.05, 3.63) is 64.4 Å². The van der Waals surface area contributed by atoms with Crippen LogP contribution in [0.15, 0.2) is 42.5 Å². The second kappa shape index (κ2) is 11.7. The van der Waals surface area contributed by atoms with Crippen molar-refractivity contribution >= 4 is 39.1 Å². The lowest BCUT2D eigenvalue weighted by molar-refractivity contribution is -0.139. The topological polar surface area (TPSA) is 86.8 Å². The summed E-state index contributed by atoms with van der Waals surface area (Å²) in [7, 11) is -3.84. The van der Waals surface area contributed by atoms with Gasteiger partial charge in [0.15, 0.2) is 0 Å². The van der Waals surface area contributed by atoms with E-state index < -0.39 is 34.3 Å². The standard InChI is InChI=1S/C24H31ClFN3O4S/c1-16(2)13-27-24(31)18(4)28(14-19-7-9-20(26)10-8-19)23(30)15-29(34(5,32)33)21-11-6-17(3)22(25)12-21/h6-12,16,18H,13-15H2,1-5H3,(H,27,31)/t18-/m1/s1. The van der Waals surface area contributed by atoms with Gasteiger partial charge in [-0.3, -0.25) is 13.9 Å². The van der Waals surface area contributed by atoms with E-state index in [0.717, 1.165) is 16.1 Å². The maximum absolute atomic E-state index is 13.4. The molecule has 0 aromatic heterocycles. The van der Waals surface area contributed by atoms with Crippen LogP contribution < -0.4 is 9.62 Å². The normalized spacial score (nSPS) is 12.4. The van der Waals surface area contributed by atoms with Gasteiger partial charge in [0, 0.05) is 18.1 Å². The van der Waals surface area contributed by atoms with Crippen LogP contribution in [0, 0.1) is 18.7 Å². The molecule has 0 aliphatic rings. The lowest BCUT2D eigenvalue weighted by Gasteiger charge is -2.31. The number of carbonyl (C=O) groups excluding carboxylic acids is 2. The SMILES string of the molecule is Cc1ccc(N(CC(=O)N(Cc2ccc(F)cc2)[C@H](C)C(=O)NCC(C)C)S(C)(=O)=O)cc1Cl. The first-order chi connectivity index (χ1) is 15.8. The van der Waals surface area contributed by atoms with Crippen molar-refractivity contribution in [2.24, 2.45) is 5.92 Å². The Morgan fingerprint density at radius 2 is 1.71 bits per heavy atom. The van der Waals surface area contributed by atoms with Crippen molar-refractivity contribution < 1.29 is 22.4 Å². The molecule has 0 saturated heterocycles. The van der Waals surface area contributed by atoms with Gasteiger partial charge < -0.3 is 10.2 Å². The number of nitrogens with one attached hydrogen (secondary N) is 1. The number of amides is 2. The molecule has 2 aromatic carbocycles. The predicted molar refractivity (Wildman–Crippen MR) is 133 cm³/mol. The largest absolute Gasteiger partial charge is 0.354 e. The molecule has 0 fully saturated rings. The molecule has 1 atom stereocenters. The summed E-state index contributed by atoms with van der Waals surface area (Å²) in [6.45, 7) is 7.16. The van der Waals surface area contributed by atoms with Crippen molar-refractivity contribution in [3.63, 3.8) is 0 Å². The second-order valence-corrected chi connectivity index (χ2v) is 11.0. The Morgan fingerprint density at radius 1 is 1.09 bits per heavy atom. The van der Waals surface area contributed by atoms with Crippen LogP contribution in [0.4, 0.5) is 10.1 Å². The van der Waals surface area contributed by atoms with Crippen LogP contribution in [0.2, 0.25) is 5.02 Å². The van der Waals surface area contributed by atoms with E-state index in [9.17, 15) is 22.4 Å². The minimum absolute atomic E-state index is 0.00162. The summed E-state index contributed by atoms with van der Waals surface area (Å²) in [5, 5.41) is 3.16. The van der Waals surface area contributed by atoms with E-state index in [2.05, 4.69) is 5.32 Å². The summed E-state index contributed by atoms with van der Waals surface area (Å²) in [5.74, 6) is -1.17. The minimum Gasteiger partial charge on any atom is -0.354 e. The van der Waals surface area contributed by atoms with Crippen LogP contribution >= 0.6 is 11.6 Å². The Hall–Kier alpha value is -2.65. The van der Waals surface area contributed by atoms with Gasteiger partial charge in [-0.25, -0.2) is 12.8 Å². The number of halogens is 2. The molecular formula is C24H31ClFN3O4S. The van der Waals surface area contributed by atoms with Crippen molar-refractivity contribution in [1.82, 2.24) is 10.2 Å². The summed E-state index contributed by atoms with van der Waals surface area (Å²) in [6.07, 6.45) is 0.997. The van der Waals surface area contributed by atoms with Gasteiger partial charge in [0.2, 0.25) is 21.8 Å². The van der Waals surface area contributed by atoms with Crippen LogP contribution in [0.3, 0.4) is 0 Å². The Bertz CT molecular complexity index is 1120. The number of sulfonamides is 1. The highest BCUT2D eigenvalue weighted by Crippen LogP contribution is 2.25. The molecule has 2 amide bonds. The summed E-state index contributed by atoms with van der Waals surface area (Å²) >= 11 is 6.18. The van der Waals surface area contributed by atoms with Crippen LogP contribution in [0.1, 0.15) is 31.9 Å². The van der Waals surface area contributed by atoms with Gasteiger partial charge in [-0.15, -0.1) is 0 Å². The van der Waals surface area contributed by atoms with Gasteiger partial charge in [0.05, 0.1) is 11.9 Å². The highest BCUT2D eigenvalue weighted by atomic mass is 35.5. The Labute approximate surface area is 205 Å². The molecule has 0 bridgehead atoms. The highest BCUT2D eigenvalue weighted by Gasteiger charge is 2.30. The number of hydrogen-bond acceptors (Lipinski definition) is 4. The predicted octanol–water partition coefficient (Wildman–Crippen LogP) is 3.74. The molecule has 0 heterocycles. The zero-order valence-corrected chi connectivity index (χ0v) is 21.6. The van der Waals surface area contributed by atoms with Crippen molar-refractivity contribution in [2.45, 2.75) is 40.3 Å². The van der Waals surface area contributed by atoms with E-state index in [-0.39, 0.29) is 24.1 Å². The summed E-state index contributed by atoms with van der Waals surface area (Å²) in [5.41, 5.74) is 1.60. The molecule has 0 aliphatic heterocycles. The molecule has 1 N–H and O–H groups in total. The molecule has 0 aliphatic carbocycles. The lowest BCUT2D eigenvalue weighted by Crippen LogP contribution is -2.51. The third kappa shape index (κ3) is 7.70. The molecular weight excluding hydrogens is 481 g/mol. The number of nitrogens with zero attached hydrogens (tertiary/aromatic N) is 2. The van der Waals surface area contributed by atoms with Gasteiger partial charge in [-0.05, 0) is 55.2 Å². The van der Waals surface area contributed by atoms with E-state index in [0.29, 0.717) is 17.1 Å². The van der Waals surface area contributed by atoms with E-state index in [1.165, 1.54) is 35.2 Å². The molecule has 7 nitrogen and oxygen atoms in total. The molecule has 10 heteroatoms. The number of benzene rings is 2. The summed E-state index contributed by atoms with van der Waals surface area (Å²) < 4.78 is 39.4. The number of rotatable bonds is 10. The van der Waals surface area contributed by atoms with E-state index in [4.69, 9.17) is 11.6 Å². The number of aryl methyl sites for hydroxylation is 1. The minimum atomic E-state index is -3.84. The molecule has 0 unspecified atom stereocenters. The van der Waals surface area contributed by atoms with Crippen LogP contribution in [0.25, 0.3) is 0 Å². The Balaban J connectivity index is 2.37. The zero-order valence-electron chi connectivity index (χ0n) is 20.0. The Kier molecular flexibility index (Phi) is 9.46. The van der Waals surface area contributed by atoms with Crippen molar-refractivity contribution in [3.8, 4) is 0 Å². The monoisotopic (exact) mass is 511 g/mol. The quantitative estimate of drug-likeness (QED) is 0.526. The van der Waals surface area contributed by atoms with Gasteiger partial charge in [0.1, 0.15) is 18.4 Å². The maximum atomic E-state index is 13.4. The van der Waals surface area contributed by atoms with Crippen LogP contribution in [0.5, 0.6) is 0 Å². The molecule has 0 saturated carbocycles. The molecule has 0 radical (unpaired) electrons. The molecule has 186 valence electrons. The first-order valence-electron chi connectivity index (χ1n) is 10.8. The first kappa shape index (κ1) is 27.6. The van der Waals surface area contributed by atoms with Crippen LogP contribution in [-0.4, -0.2) is 50.5 Å². The number of carbonyl (C=O) groups is 2. The number of hydrogen-bond donors (Lipinski definition) is 1. The maximum Gasteiger partial charge on any atom is 0.244 e. The van der Waals surface area contributed by atoms with Gasteiger partial charge in [-0.1, -0.05) is 43.6 Å². The van der Waals surface area contributed by atoms with E-state index >= 15 is 0 Å². The third-order valence-electron chi connectivity index (χ3n) is 5.24. The summed E-state index contributed by atoms with van der Waals surface area (Å²) in [4.78, 5) is 27.5. The molecule has 34 heavy (non-hydrogen) atoms. The van der Waals surface area contributed by atoms with Gasteiger partial charge in [-0.2, -0.15) is 0 Å². The van der Waals surface area contributed by atoms with Crippen LogP contribution in [-0.2, 0) is 26.2 Å². The lowest BCUT2D eigenvalue weighted by atomic mass is 10.1. The number of anilines is 1. The fourth-order valence-corrected chi connectivity index (χ4v) is 4.19. The average Bonchev–Trinajstić information content (AvgIpc) is 2.76. The smallest absolute Gasteiger partial charge is 0.244 e. The van der Waals surface area contributed by atoms with Crippen molar-refractivity contribution in [2.75, 3.05) is 23.7 Å². The average molecular weight is 512 g/mol. The van der Waals surface area contributed by atoms with Gasteiger partial charge >= 0.3 is 0 Å². The molecule has 2 rings (SSSR count). The third-order valence-corrected chi connectivity index (χ3v) is 6.79. The fourth-order valence-electron chi connectivity index (χ4n) is 3.17. The fraction of sp³-hybridized carbons (Fsp3) is 0.417. The highest BCUT2D eigenvalue weighted by molar-refractivity contribution is 7.92. The van der Waals surface area contributed by atoms with E-state index in [1.54, 1.807) is 26.0 Å². The van der Waals surface area contributed by atoms with E-state index in [1.807, 2.05) is 13.8 Å². The summed E-state index contributed by atoms with van der Waals surface area (Å²) in [6, 6.07) is 9.38. The second-order valence-electron chi connectivity index (χ2n) is 8.67. The van der Waals surface area contributed by atoms with Crippen molar-refractivity contribution in [1.29, 1.82) is 0 Å².